The summed E-state index contributed by atoms with van der Waals surface area (Å²) in [5.41, 5.74) is 5.74. The number of anilines is 1. The molecule has 0 spiro atoms. The molecule has 0 atom stereocenters. The molecule has 0 amide bonds. The topological polar surface area (TPSA) is 56.1 Å². The lowest BCUT2D eigenvalue weighted by molar-refractivity contribution is 0.414. The minimum absolute atomic E-state index is 0.787. The van der Waals surface area contributed by atoms with Crippen LogP contribution >= 0.6 is 0 Å². The molecule has 1 saturated heterocycles. The van der Waals surface area contributed by atoms with Gasteiger partial charge in [-0.05, 0) is 25.0 Å². The summed E-state index contributed by atoms with van der Waals surface area (Å²) >= 11 is 0. The fraction of sp³-hybridized carbons (Fsp3) is 0.179. The van der Waals surface area contributed by atoms with Crippen molar-refractivity contribution in [3.63, 3.8) is 0 Å². The molecule has 1 fully saturated rings. The Hall–Kier alpha value is -4.19. The van der Waals surface area contributed by atoms with Crippen LogP contribution in [0, 0.1) is 0 Å². The van der Waals surface area contributed by atoms with E-state index in [4.69, 9.17) is 20.0 Å². The van der Waals surface area contributed by atoms with Crippen LogP contribution < -0.4 is 9.64 Å². The van der Waals surface area contributed by atoms with E-state index in [9.17, 15) is 0 Å². The third-order valence-electron chi connectivity index (χ3n) is 6.38. The highest BCUT2D eigenvalue weighted by atomic mass is 16.5. The van der Waals surface area contributed by atoms with Crippen molar-refractivity contribution in [2.75, 3.05) is 25.1 Å². The van der Waals surface area contributed by atoms with Gasteiger partial charge in [-0.15, -0.1) is 10.2 Å². The van der Waals surface area contributed by atoms with E-state index in [0.29, 0.717) is 0 Å². The lowest BCUT2D eigenvalue weighted by Gasteiger charge is -2.16. The molecule has 0 radical (unpaired) electrons. The molecular weight excluding hydrogens is 422 g/mol. The van der Waals surface area contributed by atoms with Crippen molar-refractivity contribution in [1.82, 2.24) is 20.0 Å². The van der Waals surface area contributed by atoms with Crippen molar-refractivity contribution >= 4 is 16.7 Å². The molecule has 1 aliphatic heterocycles. The first-order valence-corrected chi connectivity index (χ1v) is 11.6. The maximum atomic E-state index is 5.52. The number of rotatable bonds is 5. The second-order valence-corrected chi connectivity index (χ2v) is 8.48. The standard InChI is InChI=1S/C28H25N5O/c1-34-23-16-10-15-22(19-23)33-27(21-13-6-3-7-14-21)24-25(20-11-4-2-5-12-20)29-30-28(26(24)31-33)32-17-8-9-18-32/h2-7,10-16,19H,8-9,17-18H2,1H3. The lowest BCUT2D eigenvalue weighted by Crippen LogP contribution is -2.20. The maximum absolute atomic E-state index is 5.52. The molecule has 6 heteroatoms. The second kappa shape index (κ2) is 8.63. The molecule has 0 N–H and O–H groups in total. The summed E-state index contributed by atoms with van der Waals surface area (Å²) < 4.78 is 7.53. The molecule has 34 heavy (non-hydrogen) atoms. The Balaban J connectivity index is 1.72. The molecule has 3 heterocycles. The van der Waals surface area contributed by atoms with Crippen LogP contribution in [0.2, 0.25) is 0 Å². The number of nitrogens with zero attached hydrogens (tertiary/aromatic N) is 5. The van der Waals surface area contributed by atoms with Crippen molar-refractivity contribution in [3.05, 3.63) is 84.9 Å². The van der Waals surface area contributed by atoms with Crippen molar-refractivity contribution in [3.8, 4) is 34.0 Å². The summed E-state index contributed by atoms with van der Waals surface area (Å²) in [6, 6.07) is 28.6. The molecule has 1 aliphatic rings. The highest BCUT2D eigenvalue weighted by Gasteiger charge is 2.26. The molecule has 0 aliphatic carbocycles. The molecule has 5 aromatic rings. The predicted molar refractivity (Wildman–Crippen MR) is 136 cm³/mol. The smallest absolute Gasteiger partial charge is 0.179 e. The van der Waals surface area contributed by atoms with Crippen molar-refractivity contribution in [2.45, 2.75) is 12.8 Å². The average molecular weight is 448 g/mol. The van der Waals surface area contributed by atoms with Crippen LogP contribution in [0.3, 0.4) is 0 Å². The van der Waals surface area contributed by atoms with Crippen LogP contribution in [0.15, 0.2) is 84.9 Å². The number of ether oxygens (including phenoxy) is 1. The number of methoxy groups -OCH3 is 1. The van der Waals surface area contributed by atoms with Crippen LogP contribution in [-0.2, 0) is 0 Å². The third kappa shape index (κ3) is 3.48. The van der Waals surface area contributed by atoms with Gasteiger partial charge >= 0.3 is 0 Å². The van der Waals surface area contributed by atoms with E-state index in [1.165, 1.54) is 0 Å². The fourth-order valence-electron chi connectivity index (χ4n) is 4.73. The van der Waals surface area contributed by atoms with Gasteiger partial charge in [-0.1, -0.05) is 66.7 Å². The zero-order valence-electron chi connectivity index (χ0n) is 19.1. The Kier molecular flexibility index (Phi) is 5.18. The predicted octanol–water partition coefficient (Wildman–Crippen LogP) is 5.76. The maximum Gasteiger partial charge on any atom is 0.179 e. The summed E-state index contributed by atoms with van der Waals surface area (Å²) in [5, 5.41) is 15.7. The van der Waals surface area contributed by atoms with Gasteiger partial charge in [-0.3, -0.25) is 0 Å². The Morgan fingerprint density at radius 3 is 2.18 bits per heavy atom. The lowest BCUT2D eigenvalue weighted by atomic mass is 10.0. The Morgan fingerprint density at radius 1 is 0.765 bits per heavy atom. The fourth-order valence-corrected chi connectivity index (χ4v) is 4.73. The Morgan fingerprint density at radius 2 is 1.47 bits per heavy atom. The Bertz CT molecular complexity index is 1440. The summed E-state index contributed by atoms with van der Waals surface area (Å²) in [5.74, 6) is 1.64. The quantitative estimate of drug-likeness (QED) is 0.343. The largest absolute Gasteiger partial charge is 0.497 e. The van der Waals surface area contributed by atoms with Gasteiger partial charge in [0.15, 0.2) is 5.82 Å². The average Bonchev–Trinajstić information content (AvgIpc) is 3.58. The number of hydrogen-bond donors (Lipinski definition) is 0. The van der Waals surface area contributed by atoms with Gasteiger partial charge in [0.2, 0.25) is 0 Å². The van der Waals surface area contributed by atoms with Gasteiger partial charge in [0.25, 0.3) is 0 Å². The zero-order valence-corrected chi connectivity index (χ0v) is 19.1. The van der Waals surface area contributed by atoms with Crippen LogP contribution in [0.4, 0.5) is 5.82 Å². The minimum atomic E-state index is 0.787. The molecular formula is C28H25N5O. The minimum Gasteiger partial charge on any atom is -0.497 e. The normalized spacial score (nSPS) is 13.5. The molecule has 0 bridgehead atoms. The van der Waals surface area contributed by atoms with Gasteiger partial charge in [-0.25, -0.2) is 4.68 Å². The highest BCUT2D eigenvalue weighted by molar-refractivity contribution is 6.06. The van der Waals surface area contributed by atoms with E-state index < -0.39 is 0 Å². The molecule has 2 aromatic heterocycles. The summed E-state index contributed by atoms with van der Waals surface area (Å²) in [7, 11) is 1.68. The number of hydrogen-bond acceptors (Lipinski definition) is 5. The first-order chi connectivity index (χ1) is 16.8. The van der Waals surface area contributed by atoms with Gasteiger partial charge in [-0.2, -0.15) is 5.10 Å². The van der Waals surface area contributed by atoms with Gasteiger partial charge in [0.1, 0.15) is 17.0 Å². The molecule has 168 valence electrons. The van der Waals surface area contributed by atoms with Crippen molar-refractivity contribution < 1.29 is 4.74 Å². The van der Waals surface area contributed by atoms with Crippen LogP contribution in [0.25, 0.3) is 39.1 Å². The van der Waals surface area contributed by atoms with Gasteiger partial charge in [0, 0.05) is 30.3 Å². The Labute approximate surface area is 198 Å². The first kappa shape index (κ1) is 20.4. The summed E-state index contributed by atoms with van der Waals surface area (Å²) in [4.78, 5) is 2.31. The third-order valence-corrected chi connectivity index (χ3v) is 6.38. The van der Waals surface area contributed by atoms with E-state index in [1.54, 1.807) is 7.11 Å². The van der Waals surface area contributed by atoms with Crippen molar-refractivity contribution in [2.24, 2.45) is 0 Å². The monoisotopic (exact) mass is 447 g/mol. The van der Waals surface area contributed by atoms with E-state index >= 15 is 0 Å². The number of fused-ring (bicyclic) bond motifs is 1. The zero-order chi connectivity index (χ0) is 22.9. The van der Waals surface area contributed by atoms with Crippen LogP contribution in [0.1, 0.15) is 12.8 Å². The van der Waals surface area contributed by atoms with E-state index in [0.717, 1.165) is 76.6 Å². The molecule has 0 unspecified atom stereocenters. The summed E-state index contributed by atoms with van der Waals surface area (Å²) in [6.45, 7) is 1.95. The summed E-state index contributed by atoms with van der Waals surface area (Å²) in [6.07, 6.45) is 2.32. The van der Waals surface area contributed by atoms with Crippen LogP contribution in [0.5, 0.6) is 5.75 Å². The molecule has 0 saturated carbocycles. The molecule has 3 aromatic carbocycles. The van der Waals surface area contributed by atoms with E-state index in [2.05, 4.69) is 47.4 Å². The molecule has 6 nitrogen and oxygen atoms in total. The SMILES string of the molecule is COc1cccc(-n2nc3c(N4CCCC4)nnc(-c4ccccc4)c3c2-c2ccccc2)c1. The second-order valence-electron chi connectivity index (χ2n) is 8.48. The van der Waals surface area contributed by atoms with Gasteiger partial charge < -0.3 is 9.64 Å². The highest BCUT2D eigenvalue weighted by Crippen LogP contribution is 2.40. The number of aromatic nitrogens is 4. The van der Waals surface area contributed by atoms with Crippen molar-refractivity contribution in [1.29, 1.82) is 0 Å². The molecule has 6 rings (SSSR count). The van der Waals surface area contributed by atoms with E-state index in [-0.39, 0.29) is 0 Å². The van der Waals surface area contributed by atoms with Gasteiger partial charge in [0.05, 0.1) is 23.9 Å². The van der Waals surface area contributed by atoms with E-state index in [1.807, 2.05) is 47.1 Å². The van der Waals surface area contributed by atoms with Crippen LogP contribution in [-0.4, -0.2) is 40.2 Å². The first-order valence-electron chi connectivity index (χ1n) is 11.6. The number of benzene rings is 3.